The monoisotopic (exact) mass is 719 g/mol. The largest absolute Gasteiger partial charge is 0.486 e. The Labute approximate surface area is 284 Å². The molecule has 0 radical (unpaired) electrons. The van der Waals surface area contributed by atoms with E-state index in [0.29, 0.717) is 31.3 Å². The quantitative estimate of drug-likeness (QED) is 0.161. The van der Waals surface area contributed by atoms with E-state index in [1.165, 1.54) is 17.0 Å². The van der Waals surface area contributed by atoms with Gasteiger partial charge in [-0.05, 0) is 53.9 Å². The van der Waals surface area contributed by atoms with Crippen molar-refractivity contribution in [1.82, 2.24) is 10.2 Å². The highest BCUT2D eigenvalue weighted by atomic mass is 79.9. The molecule has 1 atom stereocenters. The fourth-order valence-corrected chi connectivity index (χ4v) is 7.20. The van der Waals surface area contributed by atoms with Gasteiger partial charge >= 0.3 is 0 Å². The van der Waals surface area contributed by atoms with Gasteiger partial charge < -0.3 is 19.7 Å². The molecular weight excluding hydrogens is 682 g/mol. The van der Waals surface area contributed by atoms with Gasteiger partial charge in [0.05, 0.1) is 10.6 Å². The second kappa shape index (κ2) is 16.0. The first-order valence-electron chi connectivity index (χ1n) is 15.6. The summed E-state index contributed by atoms with van der Waals surface area (Å²) in [6, 6.07) is 28.8. The molecular formula is C36H38BrN3O6S. The summed E-state index contributed by atoms with van der Waals surface area (Å²) in [5.41, 5.74) is 1.89. The zero-order valence-electron chi connectivity index (χ0n) is 26.2. The van der Waals surface area contributed by atoms with Gasteiger partial charge in [0.25, 0.3) is 10.0 Å². The van der Waals surface area contributed by atoms with E-state index in [-0.39, 0.29) is 29.5 Å². The molecule has 4 aromatic rings. The lowest BCUT2D eigenvalue weighted by Gasteiger charge is -2.34. The van der Waals surface area contributed by atoms with Crippen LogP contribution in [0.5, 0.6) is 11.5 Å². The van der Waals surface area contributed by atoms with Crippen molar-refractivity contribution in [3.8, 4) is 11.5 Å². The number of amides is 2. The number of nitrogens with zero attached hydrogens (tertiary/aromatic N) is 2. The number of ether oxygens (including phenoxy) is 2. The molecule has 0 unspecified atom stereocenters. The van der Waals surface area contributed by atoms with E-state index in [1.807, 2.05) is 61.5 Å². The lowest BCUT2D eigenvalue weighted by Crippen LogP contribution is -2.53. The van der Waals surface area contributed by atoms with E-state index < -0.39 is 28.5 Å². The molecule has 1 N–H and O–H groups in total. The third-order valence-electron chi connectivity index (χ3n) is 7.77. The molecule has 0 aromatic heterocycles. The van der Waals surface area contributed by atoms with Crippen LogP contribution in [0, 0.1) is 0 Å². The van der Waals surface area contributed by atoms with E-state index in [9.17, 15) is 18.0 Å². The van der Waals surface area contributed by atoms with Crippen molar-refractivity contribution in [2.45, 2.75) is 43.7 Å². The van der Waals surface area contributed by atoms with Gasteiger partial charge in [0.1, 0.15) is 25.8 Å². The van der Waals surface area contributed by atoms with E-state index >= 15 is 0 Å². The van der Waals surface area contributed by atoms with Gasteiger partial charge in [0, 0.05) is 30.0 Å². The van der Waals surface area contributed by atoms with Gasteiger partial charge in [0.2, 0.25) is 11.8 Å². The van der Waals surface area contributed by atoms with Crippen molar-refractivity contribution in [3.63, 3.8) is 0 Å². The maximum atomic E-state index is 14.6. The maximum absolute atomic E-state index is 14.6. The minimum Gasteiger partial charge on any atom is -0.486 e. The fraction of sp³-hybridized carbons (Fsp3) is 0.278. The first-order valence-corrected chi connectivity index (χ1v) is 17.8. The molecule has 1 aliphatic rings. The average molecular weight is 721 g/mol. The average Bonchev–Trinajstić information content (AvgIpc) is 3.09. The van der Waals surface area contributed by atoms with E-state index in [1.54, 1.807) is 36.4 Å². The van der Waals surface area contributed by atoms with Crippen molar-refractivity contribution >= 4 is 43.5 Å². The zero-order chi connectivity index (χ0) is 33.2. The fourth-order valence-electron chi connectivity index (χ4n) is 5.33. The van der Waals surface area contributed by atoms with Crippen LogP contribution in [0.15, 0.2) is 112 Å². The minimum absolute atomic E-state index is 0.0272. The Morgan fingerprint density at radius 1 is 0.851 bits per heavy atom. The predicted molar refractivity (Wildman–Crippen MR) is 185 cm³/mol. The van der Waals surface area contributed by atoms with Crippen LogP contribution in [-0.2, 0) is 32.6 Å². The Morgan fingerprint density at radius 3 is 2.23 bits per heavy atom. The second-order valence-corrected chi connectivity index (χ2v) is 13.9. The van der Waals surface area contributed by atoms with Crippen molar-refractivity contribution in [2.75, 3.05) is 30.6 Å². The molecule has 5 rings (SSSR count). The molecule has 1 heterocycles. The Morgan fingerprint density at radius 2 is 1.53 bits per heavy atom. The van der Waals surface area contributed by atoms with Crippen LogP contribution in [0.25, 0.3) is 0 Å². The predicted octanol–water partition coefficient (Wildman–Crippen LogP) is 5.97. The summed E-state index contributed by atoms with van der Waals surface area (Å²) in [7, 11) is -4.23. The third-order valence-corrected chi connectivity index (χ3v) is 10.0. The van der Waals surface area contributed by atoms with Crippen LogP contribution >= 0.6 is 15.9 Å². The molecule has 0 bridgehead atoms. The molecule has 2 amide bonds. The van der Waals surface area contributed by atoms with Crippen LogP contribution in [0.4, 0.5) is 5.69 Å². The standard InChI is InChI=1S/C36H38BrN3O6S/c1-2-3-19-38-36(42)32(23-27-11-6-4-7-12-27)39(25-28-13-10-14-29(37)22-28)35(41)26-40(47(43,44)31-15-8-5-9-16-31)30-17-18-33-34(24-30)46-21-20-45-33/h4-18,22,24,32H,2-3,19-21,23,25-26H2,1H3,(H,38,42)/t32-/m1/s1. The van der Waals surface area contributed by atoms with Crippen LogP contribution < -0.4 is 19.1 Å². The van der Waals surface area contributed by atoms with E-state index in [2.05, 4.69) is 21.2 Å². The molecule has 11 heteroatoms. The number of rotatable bonds is 14. The summed E-state index contributed by atoms with van der Waals surface area (Å²) < 4.78 is 41.8. The Hall–Kier alpha value is -4.35. The van der Waals surface area contributed by atoms with Gasteiger partial charge in [-0.2, -0.15) is 0 Å². The van der Waals surface area contributed by atoms with Crippen molar-refractivity contribution in [1.29, 1.82) is 0 Å². The highest BCUT2D eigenvalue weighted by molar-refractivity contribution is 9.10. The number of hydrogen-bond donors (Lipinski definition) is 1. The summed E-state index contributed by atoms with van der Waals surface area (Å²) in [5.74, 6) is 0.0393. The van der Waals surface area contributed by atoms with Crippen molar-refractivity contribution in [2.24, 2.45) is 0 Å². The van der Waals surface area contributed by atoms with Crippen LogP contribution in [-0.4, -0.2) is 57.5 Å². The highest BCUT2D eigenvalue weighted by Gasteiger charge is 2.35. The SMILES string of the molecule is CCCCNC(=O)[C@@H](Cc1ccccc1)N(Cc1cccc(Br)c1)C(=O)CN(c1ccc2c(c1)OCCO2)S(=O)(=O)c1ccccc1. The Bertz CT molecular complexity index is 1770. The Kier molecular flexibility index (Phi) is 11.6. The molecule has 0 fully saturated rings. The van der Waals surface area contributed by atoms with Gasteiger partial charge in [-0.15, -0.1) is 0 Å². The van der Waals surface area contributed by atoms with Crippen LogP contribution in [0.2, 0.25) is 0 Å². The van der Waals surface area contributed by atoms with Gasteiger partial charge in [-0.1, -0.05) is 89.9 Å². The molecule has 246 valence electrons. The summed E-state index contributed by atoms with van der Waals surface area (Å²) in [5, 5.41) is 3.01. The maximum Gasteiger partial charge on any atom is 0.264 e. The molecule has 0 aliphatic carbocycles. The van der Waals surface area contributed by atoms with Crippen molar-refractivity contribution in [3.05, 3.63) is 119 Å². The van der Waals surface area contributed by atoms with Crippen LogP contribution in [0.3, 0.4) is 0 Å². The number of carbonyl (C=O) groups is 2. The van der Waals surface area contributed by atoms with Gasteiger partial charge in [-0.25, -0.2) is 8.42 Å². The zero-order valence-corrected chi connectivity index (χ0v) is 28.6. The van der Waals surface area contributed by atoms with Crippen molar-refractivity contribution < 1.29 is 27.5 Å². The first-order chi connectivity index (χ1) is 22.8. The molecule has 4 aromatic carbocycles. The molecule has 0 saturated carbocycles. The number of hydrogen-bond acceptors (Lipinski definition) is 6. The Balaban J connectivity index is 1.57. The second-order valence-electron chi connectivity index (χ2n) is 11.2. The number of anilines is 1. The number of fused-ring (bicyclic) bond motifs is 1. The number of halogens is 1. The van der Waals surface area contributed by atoms with Crippen LogP contribution in [0.1, 0.15) is 30.9 Å². The number of carbonyl (C=O) groups excluding carboxylic acids is 2. The summed E-state index contributed by atoms with van der Waals surface area (Å²) in [6.45, 7) is 2.72. The van der Waals surface area contributed by atoms with Gasteiger partial charge in [0.15, 0.2) is 11.5 Å². The number of nitrogens with one attached hydrogen (secondary N) is 1. The molecule has 47 heavy (non-hydrogen) atoms. The number of sulfonamides is 1. The highest BCUT2D eigenvalue weighted by Crippen LogP contribution is 2.36. The summed E-state index contributed by atoms with van der Waals surface area (Å²) >= 11 is 3.51. The lowest BCUT2D eigenvalue weighted by atomic mass is 10.0. The van der Waals surface area contributed by atoms with E-state index in [0.717, 1.165) is 32.7 Å². The molecule has 0 spiro atoms. The minimum atomic E-state index is -4.23. The summed E-state index contributed by atoms with van der Waals surface area (Å²) in [6.07, 6.45) is 1.93. The third kappa shape index (κ3) is 8.72. The van der Waals surface area contributed by atoms with Gasteiger partial charge in [-0.3, -0.25) is 13.9 Å². The molecule has 1 aliphatic heterocycles. The normalized spacial score (nSPS) is 13.0. The smallest absolute Gasteiger partial charge is 0.264 e. The first kappa shape index (κ1) is 34.0. The molecule has 0 saturated heterocycles. The summed E-state index contributed by atoms with van der Waals surface area (Å²) in [4.78, 5) is 30.0. The molecule has 9 nitrogen and oxygen atoms in total. The topological polar surface area (TPSA) is 105 Å². The number of benzene rings is 4. The van der Waals surface area contributed by atoms with E-state index in [4.69, 9.17) is 9.47 Å². The lowest BCUT2D eigenvalue weighted by molar-refractivity contribution is -0.140. The number of unbranched alkanes of at least 4 members (excludes halogenated alkanes) is 1.